The molecule has 0 saturated heterocycles. The van der Waals surface area contributed by atoms with Crippen molar-refractivity contribution in [2.24, 2.45) is 0 Å². The fourth-order valence-corrected chi connectivity index (χ4v) is 1.99. The zero-order chi connectivity index (χ0) is 13.8. The van der Waals surface area contributed by atoms with Gasteiger partial charge in [-0.05, 0) is 30.9 Å². The topological polar surface area (TPSA) is 90.6 Å². The summed E-state index contributed by atoms with van der Waals surface area (Å²) in [6.07, 6.45) is 2.03. The quantitative estimate of drug-likeness (QED) is 0.795. The molecule has 0 aliphatic rings. The van der Waals surface area contributed by atoms with Gasteiger partial charge in [-0.3, -0.25) is 9.78 Å². The molecule has 1 aromatic heterocycles. The van der Waals surface area contributed by atoms with Crippen molar-refractivity contribution < 1.29 is 4.79 Å². The first-order chi connectivity index (χ1) is 9.10. The number of rotatable bonds is 4. The molecule has 1 amide bonds. The largest absolute Gasteiger partial charge is 0.341 e. The molecule has 1 aromatic carbocycles. The van der Waals surface area contributed by atoms with Crippen molar-refractivity contribution >= 4 is 23.4 Å². The van der Waals surface area contributed by atoms with Gasteiger partial charge in [-0.25, -0.2) is 9.89 Å². The number of thioether (sulfide) groups is 1. The van der Waals surface area contributed by atoms with E-state index in [-0.39, 0.29) is 5.82 Å². The van der Waals surface area contributed by atoms with Crippen molar-refractivity contribution in [3.05, 3.63) is 46.1 Å². The summed E-state index contributed by atoms with van der Waals surface area (Å²) in [6, 6.07) is 7.58. The average molecular weight is 278 g/mol. The van der Waals surface area contributed by atoms with E-state index in [4.69, 9.17) is 0 Å². The highest BCUT2D eigenvalue weighted by Gasteiger charge is 2.11. The number of benzene rings is 1. The normalized spacial score (nSPS) is 12.1. The predicted molar refractivity (Wildman–Crippen MR) is 75.5 cm³/mol. The number of hydrogen-bond donors (Lipinski definition) is 3. The standard InChI is InChI=1S/C12H14N4O2S/c1-7(19-2)8-4-3-5-9(6-8)13-11(17)10-14-12(18)16-15-10/h3-7H,1-2H3,(H,13,17)(H2,14,15,16,18)/t7-/m0/s1. The predicted octanol–water partition coefficient (Wildman–Crippen LogP) is 1.77. The lowest BCUT2D eigenvalue weighted by molar-refractivity contribution is 0.101. The minimum atomic E-state index is -0.505. The van der Waals surface area contributed by atoms with Crippen molar-refractivity contribution in [2.45, 2.75) is 12.2 Å². The Hall–Kier alpha value is -2.02. The zero-order valence-electron chi connectivity index (χ0n) is 10.6. The SMILES string of the molecule is CS[C@@H](C)c1cccc(NC(=O)c2n[nH]c(=O)[nH]2)c1. The highest BCUT2D eigenvalue weighted by atomic mass is 32.2. The fourth-order valence-electron chi connectivity index (χ4n) is 1.57. The first kappa shape index (κ1) is 13.4. The van der Waals surface area contributed by atoms with E-state index >= 15 is 0 Å². The lowest BCUT2D eigenvalue weighted by Crippen LogP contribution is -2.15. The van der Waals surface area contributed by atoms with Crippen LogP contribution in [0.25, 0.3) is 0 Å². The summed E-state index contributed by atoms with van der Waals surface area (Å²) in [5, 5.41) is 8.76. The number of anilines is 1. The van der Waals surface area contributed by atoms with Gasteiger partial charge >= 0.3 is 5.69 Å². The van der Waals surface area contributed by atoms with Crippen LogP contribution in [0.5, 0.6) is 0 Å². The van der Waals surface area contributed by atoms with E-state index in [0.717, 1.165) is 5.56 Å². The van der Waals surface area contributed by atoms with Crippen LogP contribution < -0.4 is 11.0 Å². The summed E-state index contributed by atoms with van der Waals surface area (Å²) in [6.45, 7) is 2.09. The van der Waals surface area contributed by atoms with E-state index in [1.807, 2.05) is 24.5 Å². The average Bonchev–Trinajstić information content (AvgIpc) is 2.85. The third-order valence-electron chi connectivity index (χ3n) is 2.68. The van der Waals surface area contributed by atoms with Gasteiger partial charge in [-0.15, -0.1) is 5.10 Å². The summed E-state index contributed by atoms with van der Waals surface area (Å²) in [7, 11) is 0. The molecule has 1 heterocycles. The molecule has 1 atom stereocenters. The summed E-state index contributed by atoms with van der Waals surface area (Å²) in [4.78, 5) is 25.0. The van der Waals surface area contributed by atoms with Crippen molar-refractivity contribution in [3.63, 3.8) is 0 Å². The molecule has 3 N–H and O–H groups in total. The number of carbonyl (C=O) groups is 1. The second-order valence-electron chi connectivity index (χ2n) is 3.98. The Morgan fingerprint density at radius 2 is 2.26 bits per heavy atom. The van der Waals surface area contributed by atoms with Crippen molar-refractivity contribution in [3.8, 4) is 0 Å². The molecule has 0 aliphatic carbocycles. The van der Waals surface area contributed by atoms with E-state index in [0.29, 0.717) is 10.9 Å². The lowest BCUT2D eigenvalue weighted by Gasteiger charge is -2.10. The molecule has 0 radical (unpaired) electrons. The van der Waals surface area contributed by atoms with Gasteiger partial charge < -0.3 is 5.32 Å². The minimum absolute atomic E-state index is 0.0340. The number of nitrogens with zero attached hydrogens (tertiary/aromatic N) is 1. The van der Waals surface area contributed by atoms with Crippen LogP contribution >= 0.6 is 11.8 Å². The number of H-pyrrole nitrogens is 2. The Kier molecular flexibility index (Phi) is 4.06. The molecule has 0 saturated carbocycles. The van der Waals surface area contributed by atoms with Crippen molar-refractivity contribution in [2.75, 3.05) is 11.6 Å². The second-order valence-corrected chi connectivity index (χ2v) is 5.16. The lowest BCUT2D eigenvalue weighted by atomic mass is 10.1. The Labute approximate surface area is 114 Å². The summed E-state index contributed by atoms with van der Waals surface area (Å²) in [5.74, 6) is -0.486. The van der Waals surface area contributed by atoms with Crippen molar-refractivity contribution in [1.82, 2.24) is 15.2 Å². The molecule has 7 heteroatoms. The third-order valence-corrected chi connectivity index (χ3v) is 3.66. The van der Waals surface area contributed by atoms with E-state index < -0.39 is 11.6 Å². The van der Waals surface area contributed by atoms with E-state index in [2.05, 4.69) is 27.4 Å². The van der Waals surface area contributed by atoms with Crippen LogP contribution in [0.4, 0.5) is 5.69 Å². The van der Waals surface area contributed by atoms with Crippen LogP contribution in [0, 0.1) is 0 Å². The number of hydrogen-bond acceptors (Lipinski definition) is 4. The molecule has 19 heavy (non-hydrogen) atoms. The molecule has 2 aromatic rings. The molecule has 2 rings (SSSR count). The Bertz CT molecular complexity index is 634. The van der Waals surface area contributed by atoms with Gasteiger partial charge in [-0.2, -0.15) is 11.8 Å². The van der Waals surface area contributed by atoms with Gasteiger partial charge in [0.1, 0.15) is 0 Å². The van der Waals surface area contributed by atoms with Gasteiger partial charge in [-0.1, -0.05) is 12.1 Å². The summed E-state index contributed by atoms with van der Waals surface area (Å²) >= 11 is 1.73. The highest BCUT2D eigenvalue weighted by Crippen LogP contribution is 2.27. The van der Waals surface area contributed by atoms with Gasteiger partial charge in [0.15, 0.2) is 0 Å². The number of aromatic amines is 2. The van der Waals surface area contributed by atoms with Crippen LogP contribution in [-0.4, -0.2) is 27.3 Å². The highest BCUT2D eigenvalue weighted by molar-refractivity contribution is 7.98. The Balaban J connectivity index is 2.15. The zero-order valence-corrected chi connectivity index (χ0v) is 11.4. The minimum Gasteiger partial charge on any atom is -0.319 e. The molecule has 0 fully saturated rings. The van der Waals surface area contributed by atoms with Crippen LogP contribution in [0.15, 0.2) is 29.1 Å². The van der Waals surface area contributed by atoms with E-state index in [1.54, 1.807) is 17.8 Å². The molecular formula is C12H14N4O2S. The monoisotopic (exact) mass is 278 g/mol. The van der Waals surface area contributed by atoms with Gasteiger partial charge in [0.2, 0.25) is 5.82 Å². The summed E-state index contributed by atoms with van der Waals surface area (Å²) < 4.78 is 0. The van der Waals surface area contributed by atoms with Gasteiger partial charge in [0.25, 0.3) is 5.91 Å². The third kappa shape index (κ3) is 3.25. The maximum atomic E-state index is 11.8. The molecule has 0 unspecified atom stereocenters. The number of nitrogens with one attached hydrogen (secondary N) is 3. The molecule has 6 nitrogen and oxygen atoms in total. The first-order valence-electron chi connectivity index (χ1n) is 5.69. The summed E-state index contributed by atoms with van der Waals surface area (Å²) in [5.41, 5.74) is 1.29. The molecule has 100 valence electrons. The van der Waals surface area contributed by atoms with Gasteiger partial charge in [0.05, 0.1) is 0 Å². The van der Waals surface area contributed by atoms with Crippen LogP contribution in [-0.2, 0) is 0 Å². The fraction of sp³-hybridized carbons (Fsp3) is 0.250. The molecule has 0 aliphatic heterocycles. The van der Waals surface area contributed by atoms with Crippen LogP contribution in [0.3, 0.4) is 0 Å². The molecule has 0 spiro atoms. The maximum Gasteiger partial charge on any atom is 0.341 e. The smallest absolute Gasteiger partial charge is 0.319 e. The van der Waals surface area contributed by atoms with Crippen LogP contribution in [0.1, 0.15) is 28.4 Å². The van der Waals surface area contributed by atoms with E-state index in [1.165, 1.54) is 0 Å². The maximum absolute atomic E-state index is 11.8. The Morgan fingerprint density at radius 3 is 2.89 bits per heavy atom. The first-order valence-corrected chi connectivity index (χ1v) is 6.97. The Morgan fingerprint density at radius 1 is 1.47 bits per heavy atom. The number of aromatic nitrogens is 3. The molecule has 0 bridgehead atoms. The van der Waals surface area contributed by atoms with Gasteiger partial charge in [0, 0.05) is 10.9 Å². The number of amides is 1. The van der Waals surface area contributed by atoms with Crippen molar-refractivity contribution in [1.29, 1.82) is 0 Å². The second kappa shape index (κ2) is 5.75. The number of carbonyl (C=O) groups excluding carboxylic acids is 1. The van der Waals surface area contributed by atoms with Crippen LogP contribution in [0.2, 0.25) is 0 Å². The van der Waals surface area contributed by atoms with E-state index in [9.17, 15) is 9.59 Å². The molecular weight excluding hydrogens is 264 g/mol.